The van der Waals surface area contributed by atoms with E-state index in [1.165, 1.54) is 19.3 Å². The van der Waals surface area contributed by atoms with E-state index in [1.54, 1.807) is 17.6 Å². The maximum Gasteiger partial charge on any atom is 0.0858 e. The van der Waals surface area contributed by atoms with Gasteiger partial charge in [-0.15, -0.1) is 0 Å². The normalized spacial score (nSPS) is 24.0. The molecule has 0 aromatic rings. The molecule has 0 atom stereocenters. The molecule has 1 aliphatic rings. The molecule has 98 valence electrons. The lowest BCUT2D eigenvalue weighted by Gasteiger charge is -2.23. The van der Waals surface area contributed by atoms with E-state index in [1.807, 2.05) is 0 Å². The van der Waals surface area contributed by atoms with Crippen LogP contribution in [0.1, 0.15) is 19.3 Å². The summed E-state index contributed by atoms with van der Waals surface area (Å²) < 4.78 is 3.44. The quantitative estimate of drug-likeness (QED) is 0.315. The average Bonchev–Trinajstić information content (AvgIpc) is 2.60. The summed E-state index contributed by atoms with van der Waals surface area (Å²) in [6.07, 6.45) is 4.03. The van der Waals surface area contributed by atoms with Gasteiger partial charge >= 0.3 is 0 Å². The van der Waals surface area contributed by atoms with E-state index < -0.39 is 16.1 Å². The zero-order chi connectivity index (χ0) is 13.4. The second-order valence-electron chi connectivity index (χ2n) is 6.94. The molecule has 0 heterocycles. The van der Waals surface area contributed by atoms with Gasteiger partial charge in [-0.25, -0.2) is 0 Å². The van der Waals surface area contributed by atoms with E-state index >= 15 is 0 Å². The van der Waals surface area contributed by atoms with Gasteiger partial charge in [0, 0.05) is 0 Å². The van der Waals surface area contributed by atoms with Gasteiger partial charge in [0.1, 0.15) is 0 Å². The summed E-state index contributed by atoms with van der Waals surface area (Å²) in [5, 5.41) is 0. The van der Waals surface area contributed by atoms with Crippen LogP contribution in [0.25, 0.3) is 0 Å². The van der Waals surface area contributed by atoms with Gasteiger partial charge in [-0.1, -0.05) is 84.5 Å². The summed E-state index contributed by atoms with van der Waals surface area (Å²) in [4.78, 5) is 0. The fourth-order valence-electron chi connectivity index (χ4n) is 2.13. The smallest absolute Gasteiger partial charge is 0.0652 e. The lowest BCUT2D eigenvalue weighted by molar-refractivity contribution is 0.932. The molecule has 0 N–H and O–H groups in total. The van der Waals surface area contributed by atoms with Crippen molar-refractivity contribution >= 4 is 61.3 Å². The number of allylic oxidation sites excluding steroid dienone is 2. The van der Waals surface area contributed by atoms with E-state index in [0.29, 0.717) is 0 Å². The topological polar surface area (TPSA) is 0 Å². The first-order chi connectivity index (χ1) is 7.55. The Kier molecular flexibility index (Phi) is 5.59. The molecule has 0 nitrogen and oxygen atoms in total. The molecule has 0 saturated heterocycles. The Balaban J connectivity index is 3.29. The Morgan fingerprint density at radius 2 is 1.06 bits per heavy atom. The van der Waals surface area contributed by atoms with E-state index in [4.69, 9.17) is 0 Å². The molecule has 1 saturated carbocycles. The molecule has 0 spiro atoms. The Morgan fingerprint density at radius 3 is 1.29 bits per heavy atom. The molecule has 0 radical (unpaired) electrons. The van der Waals surface area contributed by atoms with Crippen molar-refractivity contribution in [3.63, 3.8) is 0 Å². The van der Waals surface area contributed by atoms with E-state index in [2.05, 4.69) is 84.5 Å². The third kappa shape index (κ3) is 4.17. The molecule has 1 fully saturated rings. The summed E-state index contributed by atoms with van der Waals surface area (Å²) in [5.74, 6) is 0. The molecule has 1 aliphatic carbocycles. The molecule has 0 aromatic carbocycles. The first-order valence-corrected chi connectivity index (χ1v) is 15.5. The van der Waals surface area contributed by atoms with Crippen LogP contribution in [0.3, 0.4) is 0 Å². The van der Waals surface area contributed by atoms with Gasteiger partial charge in [0.05, 0.1) is 16.1 Å². The Bertz CT molecular complexity index is 332. The van der Waals surface area contributed by atoms with Crippen LogP contribution in [0.15, 0.2) is 17.6 Å². The van der Waals surface area contributed by atoms with Gasteiger partial charge < -0.3 is 0 Å². The van der Waals surface area contributed by atoms with Crippen molar-refractivity contribution in [2.75, 3.05) is 0 Å². The zero-order valence-corrected chi connectivity index (χ0v) is 18.2. The molecule has 4 heteroatoms. The van der Waals surface area contributed by atoms with Crippen LogP contribution in [0, 0.1) is 0 Å². The highest BCUT2D eigenvalue weighted by atomic mass is 127. The largest absolute Gasteiger partial charge is 0.0858 e. The summed E-state index contributed by atoms with van der Waals surface area (Å²) >= 11 is 5.29. The monoisotopic (exact) mass is 490 g/mol. The van der Waals surface area contributed by atoms with Crippen molar-refractivity contribution in [2.24, 2.45) is 0 Å². The van der Waals surface area contributed by atoms with Crippen molar-refractivity contribution in [3.8, 4) is 0 Å². The highest BCUT2D eigenvalue weighted by Crippen LogP contribution is 2.43. The first kappa shape index (κ1) is 16.4. The minimum Gasteiger partial charge on any atom is -0.0652 e. The maximum absolute atomic E-state index is 2.65. The molecule has 0 unspecified atom stereocenters. The van der Waals surface area contributed by atoms with Crippen molar-refractivity contribution in [2.45, 2.75) is 58.5 Å². The second kappa shape index (κ2) is 5.79. The van der Waals surface area contributed by atoms with E-state index in [0.717, 1.165) is 0 Å². The number of hydrogen-bond acceptors (Lipinski definition) is 0. The minimum atomic E-state index is -1.13. The molecule has 0 amide bonds. The zero-order valence-electron chi connectivity index (χ0n) is 11.9. The third-order valence-electron chi connectivity index (χ3n) is 3.06. The fourth-order valence-corrected chi connectivity index (χ4v) is 5.69. The van der Waals surface area contributed by atoms with Crippen molar-refractivity contribution < 1.29 is 0 Å². The highest BCUT2D eigenvalue weighted by Gasteiger charge is 2.29. The Morgan fingerprint density at radius 1 is 0.765 bits per heavy atom. The molecular weight excluding hydrogens is 466 g/mol. The molecule has 17 heavy (non-hydrogen) atoms. The third-order valence-corrected chi connectivity index (χ3v) is 17.3. The van der Waals surface area contributed by atoms with Crippen LogP contribution in [0.5, 0.6) is 0 Å². The van der Waals surface area contributed by atoms with Crippen molar-refractivity contribution in [3.05, 3.63) is 17.6 Å². The number of rotatable bonds is 2. The lowest BCUT2D eigenvalue weighted by atomic mass is 10.2. The highest BCUT2D eigenvalue weighted by molar-refractivity contribution is 14.1. The average molecular weight is 490 g/mol. The van der Waals surface area contributed by atoms with E-state index in [9.17, 15) is 0 Å². The van der Waals surface area contributed by atoms with Gasteiger partial charge in [-0.05, 0) is 36.8 Å². The molecular formula is C13H24I2Si2. The maximum atomic E-state index is 2.65. The SMILES string of the molecule is C[Si](C)(C)/C(I)=C1\CCC\C1=C(/I)[Si](C)(C)C. The fraction of sp³-hybridized carbons (Fsp3) is 0.692. The molecule has 0 bridgehead atoms. The molecule has 1 rings (SSSR count). The van der Waals surface area contributed by atoms with Gasteiger partial charge in [0.25, 0.3) is 0 Å². The molecule has 0 aliphatic heterocycles. The first-order valence-electron chi connectivity index (χ1n) is 6.34. The molecule has 0 aromatic heterocycles. The summed E-state index contributed by atoms with van der Waals surface area (Å²) in [7, 11) is -2.26. The summed E-state index contributed by atoms with van der Waals surface area (Å²) in [6.45, 7) is 14.8. The van der Waals surface area contributed by atoms with Crippen LogP contribution in [0.4, 0.5) is 0 Å². The van der Waals surface area contributed by atoms with Crippen LogP contribution in [-0.4, -0.2) is 16.1 Å². The number of halogens is 2. The second-order valence-corrected chi connectivity index (χ2v) is 21.1. The Labute approximate surface area is 136 Å². The van der Waals surface area contributed by atoms with Crippen LogP contribution < -0.4 is 0 Å². The predicted molar refractivity (Wildman–Crippen MR) is 103 cm³/mol. The standard InChI is InChI=1S/C13H24I2Si2/c1-16(2,3)12(14)10-8-7-9-11(10)13(15)17(4,5)6/h7-9H2,1-6H3/b12-10-,13-11+. The van der Waals surface area contributed by atoms with Crippen molar-refractivity contribution in [1.29, 1.82) is 0 Å². The van der Waals surface area contributed by atoms with Crippen molar-refractivity contribution in [1.82, 2.24) is 0 Å². The lowest BCUT2D eigenvalue weighted by Crippen LogP contribution is -2.24. The predicted octanol–water partition coefficient (Wildman–Crippen LogP) is 6.30. The van der Waals surface area contributed by atoms with E-state index in [-0.39, 0.29) is 0 Å². The van der Waals surface area contributed by atoms with Gasteiger partial charge in [-0.3, -0.25) is 0 Å². The Hall–Kier alpha value is 1.37. The van der Waals surface area contributed by atoms with Gasteiger partial charge in [-0.2, -0.15) is 0 Å². The van der Waals surface area contributed by atoms with Crippen LogP contribution in [-0.2, 0) is 0 Å². The van der Waals surface area contributed by atoms with Gasteiger partial charge in [0.15, 0.2) is 0 Å². The van der Waals surface area contributed by atoms with Gasteiger partial charge in [0.2, 0.25) is 0 Å². The van der Waals surface area contributed by atoms with Crippen LogP contribution in [0.2, 0.25) is 39.3 Å². The number of hydrogen-bond donors (Lipinski definition) is 0. The minimum absolute atomic E-state index is 1.13. The summed E-state index contributed by atoms with van der Waals surface area (Å²) in [6, 6.07) is 0. The van der Waals surface area contributed by atoms with Crippen LogP contribution >= 0.6 is 45.2 Å². The summed E-state index contributed by atoms with van der Waals surface area (Å²) in [5.41, 5.74) is 3.47.